The fourth-order valence-electron chi connectivity index (χ4n) is 3.26. The number of nitrogens with two attached hydrogens (primary N) is 1. The summed E-state index contributed by atoms with van der Waals surface area (Å²) >= 11 is 0. The monoisotopic (exact) mass is 384 g/mol. The van der Waals surface area contributed by atoms with Crippen molar-refractivity contribution in [2.45, 2.75) is 44.4 Å². The van der Waals surface area contributed by atoms with E-state index < -0.39 is 36.0 Å². The first-order chi connectivity index (χ1) is 13.3. The molecule has 150 valence electrons. The number of aliphatic hydroxyl groups is 1. The summed E-state index contributed by atoms with van der Waals surface area (Å²) in [6.07, 6.45) is -1.29. The van der Waals surface area contributed by atoms with Gasteiger partial charge >= 0.3 is 5.97 Å². The highest BCUT2D eigenvalue weighted by Crippen LogP contribution is 2.28. The molecule has 0 heterocycles. The Labute approximate surface area is 165 Å². The number of hydrogen-bond acceptors (Lipinski definition) is 4. The van der Waals surface area contributed by atoms with Gasteiger partial charge < -0.3 is 21.3 Å². The van der Waals surface area contributed by atoms with Gasteiger partial charge in [0, 0.05) is 5.92 Å². The fraction of sp³-hybridized carbons (Fsp3) is 0.364. The highest BCUT2D eigenvalue weighted by molar-refractivity contribution is 5.86. The second kappa shape index (κ2) is 10.0. The van der Waals surface area contributed by atoms with Crippen molar-refractivity contribution in [1.82, 2.24) is 5.32 Å². The average molecular weight is 384 g/mol. The standard InChI is InChI=1S/C22H28N2O4/c1-14(2)13-17(22(27)28)24-21(26)20(25)19(23)18(15-9-5-3-6-10-15)16-11-7-4-8-12-16/h3-12,14,17-20,25H,13,23H2,1-2H3,(H,24,26)(H,27,28)/t17-,19+,20-/m0/s1. The number of carbonyl (C=O) groups excluding carboxylic acids is 1. The van der Waals surface area contributed by atoms with E-state index in [1.54, 1.807) is 0 Å². The molecule has 1 amide bonds. The largest absolute Gasteiger partial charge is 0.480 e. The first-order valence-corrected chi connectivity index (χ1v) is 9.38. The third-order valence-corrected chi connectivity index (χ3v) is 4.66. The van der Waals surface area contributed by atoms with E-state index in [2.05, 4.69) is 5.32 Å². The van der Waals surface area contributed by atoms with E-state index in [1.165, 1.54) is 0 Å². The second-order valence-corrected chi connectivity index (χ2v) is 7.35. The Balaban J connectivity index is 2.24. The Hall–Kier alpha value is -2.70. The normalized spacial score (nSPS) is 14.5. The summed E-state index contributed by atoms with van der Waals surface area (Å²) in [5, 5.41) is 22.4. The van der Waals surface area contributed by atoms with Crippen molar-refractivity contribution in [3.05, 3.63) is 71.8 Å². The van der Waals surface area contributed by atoms with Gasteiger partial charge in [0.2, 0.25) is 0 Å². The Bertz CT molecular complexity index is 725. The highest BCUT2D eigenvalue weighted by atomic mass is 16.4. The predicted molar refractivity (Wildman–Crippen MR) is 108 cm³/mol. The summed E-state index contributed by atoms with van der Waals surface area (Å²) < 4.78 is 0. The van der Waals surface area contributed by atoms with E-state index in [0.717, 1.165) is 11.1 Å². The van der Waals surface area contributed by atoms with Crippen molar-refractivity contribution in [2.75, 3.05) is 0 Å². The van der Waals surface area contributed by atoms with Gasteiger partial charge in [0.15, 0.2) is 0 Å². The molecule has 0 spiro atoms. The maximum absolute atomic E-state index is 12.5. The lowest BCUT2D eigenvalue weighted by Gasteiger charge is -2.29. The van der Waals surface area contributed by atoms with Crippen LogP contribution in [0.1, 0.15) is 37.3 Å². The number of carbonyl (C=O) groups is 2. The quantitative estimate of drug-likeness (QED) is 0.529. The van der Waals surface area contributed by atoms with Crippen LogP contribution in [0.25, 0.3) is 0 Å². The summed E-state index contributed by atoms with van der Waals surface area (Å²) in [5.74, 6) is -2.26. The molecule has 0 aliphatic carbocycles. The third kappa shape index (κ3) is 5.65. The highest BCUT2D eigenvalue weighted by Gasteiger charge is 2.34. The van der Waals surface area contributed by atoms with Gasteiger partial charge in [-0.2, -0.15) is 0 Å². The lowest BCUT2D eigenvalue weighted by atomic mass is 9.83. The minimum absolute atomic E-state index is 0.0774. The van der Waals surface area contributed by atoms with E-state index in [1.807, 2.05) is 74.5 Å². The van der Waals surface area contributed by atoms with Crippen LogP contribution in [0.2, 0.25) is 0 Å². The van der Waals surface area contributed by atoms with Gasteiger partial charge in [-0.05, 0) is 23.5 Å². The molecule has 0 bridgehead atoms. The van der Waals surface area contributed by atoms with Crippen molar-refractivity contribution < 1.29 is 19.8 Å². The van der Waals surface area contributed by atoms with Crippen LogP contribution < -0.4 is 11.1 Å². The molecule has 2 rings (SSSR count). The molecule has 0 fully saturated rings. The van der Waals surface area contributed by atoms with E-state index in [-0.39, 0.29) is 12.3 Å². The molecule has 2 aromatic carbocycles. The Morgan fingerprint density at radius 3 is 1.82 bits per heavy atom. The first kappa shape index (κ1) is 21.6. The lowest BCUT2D eigenvalue weighted by Crippen LogP contribution is -2.53. The summed E-state index contributed by atoms with van der Waals surface area (Å²) in [4.78, 5) is 24.0. The number of hydrogen-bond donors (Lipinski definition) is 4. The molecule has 6 heteroatoms. The molecule has 2 aromatic rings. The molecule has 3 atom stereocenters. The molecule has 0 saturated carbocycles. The van der Waals surface area contributed by atoms with Crippen LogP contribution in [0.4, 0.5) is 0 Å². The molecule has 0 saturated heterocycles. The Kier molecular flexibility index (Phi) is 7.72. The van der Waals surface area contributed by atoms with Crippen molar-refractivity contribution in [1.29, 1.82) is 0 Å². The van der Waals surface area contributed by atoms with Crippen LogP contribution in [0.3, 0.4) is 0 Å². The van der Waals surface area contributed by atoms with Crippen LogP contribution in [0, 0.1) is 5.92 Å². The van der Waals surface area contributed by atoms with Crippen LogP contribution in [-0.2, 0) is 9.59 Å². The smallest absolute Gasteiger partial charge is 0.326 e. The minimum Gasteiger partial charge on any atom is -0.480 e. The van der Waals surface area contributed by atoms with Gasteiger partial charge in [0.25, 0.3) is 5.91 Å². The van der Waals surface area contributed by atoms with Crippen molar-refractivity contribution in [3.8, 4) is 0 Å². The zero-order chi connectivity index (χ0) is 20.7. The average Bonchev–Trinajstić information content (AvgIpc) is 2.68. The van der Waals surface area contributed by atoms with Gasteiger partial charge in [0.05, 0.1) is 6.04 Å². The molecule has 0 radical (unpaired) electrons. The molecule has 0 aliphatic rings. The summed E-state index contributed by atoms with van der Waals surface area (Å²) in [6.45, 7) is 3.73. The van der Waals surface area contributed by atoms with Crippen molar-refractivity contribution >= 4 is 11.9 Å². The van der Waals surface area contributed by atoms with E-state index in [0.29, 0.717) is 0 Å². The molecule has 28 heavy (non-hydrogen) atoms. The van der Waals surface area contributed by atoms with Gasteiger partial charge in [-0.1, -0.05) is 74.5 Å². The lowest BCUT2D eigenvalue weighted by molar-refractivity contribution is -0.144. The van der Waals surface area contributed by atoms with Crippen LogP contribution >= 0.6 is 0 Å². The third-order valence-electron chi connectivity index (χ3n) is 4.66. The molecular weight excluding hydrogens is 356 g/mol. The zero-order valence-electron chi connectivity index (χ0n) is 16.2. The minimum atomic E-state index is -1.56. The second-order valence-electron chi connectivity index (χ2n) is 7.35. The number of rotatable bonds is 9. The van der Waals surface area contributed by atoms with E-state index >= 15 is 0 Å². The molecule has 0 aliphatic heterocycles. The molecular formula is C22H28N2O4. The number of aliphatic carboxylic acids is 1. The van der Waals surface area contributed by atoms with Gasteiger partial charge in [0.1, 0.15) is 12.1 Å². The van der Waals surface area contributed by atoms with Gasteiger partial charge in [-0.3, -0.25) is 4.79 Å². The summed E-state index contributed by atoms with van der Waals surface area (Å²) in [5.41, 5.74) is 8.05. The fourth-order valence-corrected chi connectivity index (χ4v) is 3.26. The molecule has 0 unspecified atom stereocenters. The van der Waals surface area contributed by atoms with Crippen LogP contribution in [0.5, 0.6) is 0 Å². The van der Waals surface area contributed by atoms with Crippen molar-refractivity contribution in [3.63, 3.8) is 0 Å². The number of benzene rings is 2. The van der Waals surface area contributed by atoms with Gasteiger partial charge in [-0.15, -0.1) is 0 Å². The number of carboxylic acid groups (broad SMARTS) is 1. The number of carboxylic acids is 1. The maximum Gasteiger partial charge on any atom is 0.326 e. The topological polar surface area (TPSA) is 113 Å². The number of amides is 1. The van der Waals surface area contributed by atoms with Crippen molar-refractivity contribution in [2.24, 2.45) is 11.7 Å². The zero-order valence-corrected chi connectivity index (χ0v) is 16.2. The predicted octanol–water partition coefficient (Wildman–Crippen LogP) is 2.12. The van der Waals surface area contributed by atoms with Gasteiger partial charge in [-0.25, -0.2) is 4.79 Å². The first-order valence-electron chi connectivity index (χ1n) is 9.38. The van der Waals surface area contributed by atoms with E-state index in [4.69, 9.17) is 5.73 Å². The molecule has 6 nitrogen and oxygen atoms in total. The summed E-state index contributed by atoms with van der Waals surface area (Å²) in [6, 6.07) is 16.8. The number of nitrogens with one attached hydrogen (secondary N) is 1. The number of aliphatic hydroxyl groups excluding tert-OH is 1. The summed E-state index contributed by atoms with van der Waals surface area (Å²) in [7, 11) is 0. The van der Waals surface area contributed by atoms with Crippen LogP contribution in [0.15, 0.2) is 60.7 Å². The SMILES string of the molecule is CC(C)C[C@H](NC(=O)[C@@H](O)[C@H](N)C(c1ccccc1)c1ccccc1)C(=O)O. The van der Waals surface area contributed by atoms with Crippen LogP contribution in [-0.4, -0.2) is 40.3 Å². The Morgan fingerprint density at radius 1 is 0.964 bits per heavy atom. The molecule has 0 aromatic heterocycles. The molecule has 5 N–H and O–H groups in total. The maximum atomic E-state index is 12.5. The van der Waals surface area contributed by atoms with E-state index in [9.17, 15) is 19.8 Å². The Morgan fingerprint density at radius 2 is 1.43 bits per heavy atom.